The third-order valence-electron chi connectivity index (χ3n) is 7.49. The summed E-state index contributed by atoms with van der Waals surface area (Å²) in [5, 5.41) is 2.96. The lowest BCUT2D eigenvalue weighted by Gasteiger charge is -2.34. The second-order valence-electron chi connectivity index (χ2n) is 10.8. The number of sulfonamides is 1. The predicted octanol–water partition coefficient (Wildman–Crippen LogP) is 5.58. The highest BCUT2D eigenvalue weighted by Crippen LogP contribution is 2.36. The molecule has 1 unspecified atom stereocenters. The van der Waals surface area contributed by atoms with Gasteiger partial charge in [-0.2, -0.15) is 0 Å². The van der Waals surface area contributed by atoms with Gasteiger partial charge in [0, 0.05) is 30.0 Å². The smallest absolute Gasteiger partial charge is 0.264 e. The minimum Gasteiger partial charge on any atom is -0.486 e. The molecule has 11 heteroatoms. The number of nitrogens with zero attached hydrogens (tertiary/aromatic N) is 2. The molecule has 1 aliphatic rings. The molecule has 1 atom stereocenters. The van der Waals surface area contributed by atoms with E-state index >= 15 is 0 Å². The van der Waals surface area contributed by atoms with Crippen LogP contribution in [0.2, 0.25) is 0 Å². The molecule has 0 spiro atoms. The summed E-state index contributed by atoms with van der Waals surface area (Å²) in [7, 11) is -4.23. The first kappa shape index (κ1) is 33.0. The number of carbonyl (C=O) groups excluding carboxylic acids is 2. The second-order valence-corrected chi connectivity index (χ2v) is 13.6. The number of benzene rings is 4. The van der Waals surface area contributed by atoms with Gasteiger partial charge in [-0.3, -0.25) is 13.9 Å². The number of hydrogen-bond donors (Lipinski definition) is 1. The molecule has 1 aliphatic heterocycles. The van der Waals surface area contributed by atoms with Crippen LogP contribution in [-0.2, 0) is 32.6 Å². The van der Waals surface area contributed by atoms with Crippen LogP contribution >= 0.6 is 15.9 Å². The minimum atomic E-state index is -4.23. The Kier molecular flexibility index (Phi) is 11.0. The second kappa shape index (κ2) is 15.3. The lowest BCUT2D eigenvalue weighted by Crippen LogP contribution is -2.53. The average Bonchev–Trinajstić information content (AvgIpc) is 3.08. The van der Waals surface area contributed by atoms with Gasteiger partial charge in [0.1, 0.15) is 25.8 Å². The fourth-order valence-corrected chi connectivity index (χ4v) is 7.06. The number of carbonyl (C=O) groups is 2. The molecule has 9 nitrogen and oxygen atoms in total. The first-order valence-corrected chi connectivity index (χ1v) is 17.3. The number of anilines is 1. The van der Waals surface area contributed by atoms with Crippen LogP contribution in [0, 0.1) is 0 Å². The van der Waals surface area contributed by atoms with Gasteiger partial charge in [0.2, 0.25) is 11.8 Å². The van der Waals surface area contributed by atoms with Crippen LogP contribution < -0.4 is 19.1 Å². The van der Waals surface area contributed by atoms with E-state index < -0.39 is 28.5 Å². The standard InChI is InChI=1S/C35H36BrN3O6S/c1-2-18-37-35(41)31(22-26-10-5-3-6-11-26)38(24-27-12-9-13-28(36)21-27)34(40)25-39(46(42,43)30-14-7-4-8-15-30)29-16-17-32-33(23-29)45-20-19-44-32/h3-17,21,23,31H,2,18-20,22,24-25H2,1H3,(H,37,41). The molecular weight excluding hydrogens is 670 g/mol. The lowest BCUT2D eigenvalue weighted by atomic mass is 10.0. The number of hydrogen-bond acceptors (Lipinski definition) is 6. The summed E-state index contributed by atoms with van der Waals surface area (Å²) >= 11 is 3.50. The third-order valence-corrected chi connectivity index (χ3v) is 9.77. The van der Waals surface area contributed by atoms with Crippen LogP contribution in [-0.4, -0.2) is 57.5 Å². The van der Waals surface area contributed by atoms with Gasteiger partial charge in [-0.25, -0.2) is 8.42 Å². The molecule has 1 heterocycles. The number of fused-ring (bicyclic) bond motifs is 1. The van der Waals surface area contributed by atoms with Gasteiger partial charge in [0.05, 0.1) is 10.6 Å². The molecule has 4 aromatic carbocycles. The quantitative estimate of drug-likeness (QED) is 0.195. The molecule has 46 heavy (non-hydrogen) atoms. The van der Waals surface area contributed by atoms with Gasteiger partial charge in [-0.05, 0) is 53.9 Å². The van der Waals surface area contributed by atoms with Crippen LogP contribution in [0.4, 0.5) is 5.69 Å². The van der Waals surface area contributed by atoms with Crippen molar-refractivity contribution < 1.29 is 27.5 Å². The minimum absolute atomic E-state index is 0.0257. The van der Waals surface area contributed by atoms with E-state index in [2.05, 4.69) is 21.2 Å². The van der Waals surface area contributed by atoms with Gasteiger partial charge in [-0.1, -0.05) is 83.5 Å². The zero-order valence-corrected chi connectivity index (χ0v) is 27.9. The summed E-state index contributed by atoms with van der Waals surface area (Å²) in [5.74, 6) is 0.0225. The maximum absolute atomic E-state index is 14.6. The van der Waals surface area contributed by atoms with Crippen LogP contribution in [0.3, 0.4) is 0 Å². The predicted molar refractivity (Wildman–Crippen MR) is 180 cm³/mol. The van der Waals surface area contributed by atoms with E-state index in [-0.39, 0.29) is 29.5 Å². The van der Waals surface area contributed by atoms with Crippen molar-refractivity contribution in [3.05, 3.63) is 119 Å². The summed E-state index contributed by atoms with van der Waals surface area (Å²) in [6.07, 6.45) is 0.960. The molecule has 5 rings (SSSR count). The summed E-state index contributed by atoms with van der Waals surface area (Å²) < 4.78 is 41.7. The van der Waals surface area contributed by atoms with E-state index in [1.54, 1.807) is 36.4 Å². The highest BCUT2D eigenvalue weighted by molar-refractivity contribution is 9.10. The number of ether oxygens (including phenoxy) is 2. The van der Waals surface area contributed by atoms with Crippen molar-refractivity contribution in [2.24, 2.45) is 0 Å². The van der Waals surface area contributed by atoms with E-state index in [1.807, 2.05) is 61.5 Å². The molecule has 0 radical (unpaired) electrons. The van der Waals surface area contributed by atoms with Crippen LogP contribution in [0.5, 0.6) is 11.5 Å². The van der Waals surface area contributed by atoms with Crippen molar-refractivity contribution in [3.8, 4) is 11.5 Å². The molecular formula is C35H36BrN3O6S. The van der Waals surface area contributed by atoms with E-state index in [0.29, 0.717) is 31.3 Å². The number of amides is 2. The highest BCUT2D eigenvalue weighted by atomic mass is 79.9. The first-order valence-electron chi connectivity index (χ1n) is 15.1. The fraction of sp³-hybridized carbons (Fsp3) is 0.257. The van der Waals surface area contributed by atoms with Crippen molar-refractivity contribution in [1.29, 1.82) is 0 Å². The normalized spacial score (nSPS) is 13.0. The highest BCUT2D eigenvalue weighted by Gasteiger charge is 2.35. The Bertz CT molecular complexity index is 1750. The zero-order chi connectivity index (χ0) is 32.5. The molecule has 0 aromatic heterocycles. The molecule has 1 N–H and O–H groups in total. The van der Waals surface area contributed by atoms with Gasteiger partial charge in [0.15, 0.2) is 11.5 Å². The molecule has 0 fully saturated rings. The van der Waals surface area contributed by atoms with Gasteiger partial charge >= 0.3 is 0 Å². The number of rotatable bonds is 13. The molecule has 0 bridgehead atoms. The fourth-order valence-electron chi connectivity index (χ4n) is 5.19. The monoisotopic (exact) mass is 705 g/mol. The Morgan fingerprint density at radius 1 is 0.848 bits per heavy atom. The van der Waals surface area contributed by atoms with E-state index in [4.69, 9.17) is 9.47 Å². The summed E-state index contributed by atoms with van der Waals surface area (Å²) in [6.45, 7) is 2.61. The first-order chi connectivity index (χ1) is 22.3. The molecule has 0 saturated heterocycles. The SMILES string of the molecule is CCCNC(=O)C(Cc1ccccc1)N(Cc1cccc(Br)c1)C(=O)CN(c1ccc2c(c1)OCCO2)S(=O)(=O)c1ccccc1. The van der Waals surface area contributed by atoms with E-state index in [1.165, 1.54) is 17.0 Å². The Labute approximate surface area is 278 Å². The zero-order valence-electron chi connectivity index (χ0n) is 25.5. The maximum atomic E-state index is 14.6. The van der Waals surface area contributed by atoms with Crippen molar-refractivity contribution in [2.45, 2.75) is 37.2 Å². The summed E-state index contributed by atoms with van der Waals surface area (Å²) in [5.41, 5.74) is 1.88. The van der Waals surface area contributed by atoms with Crippen LogP contribution in [0.15, 0.2) is 112 Å². The number of halogens is 1. The van der Waals surface area contributed by atoms with Gasteiger partial charge < -0.3 is 19.7 Å². The Hall–Kier alpha value is -4.35. The number of nitrogens with one attached hydrogen (secondary N) is 1. The maximum Gasteiger partial charge on any atom is 0.264 e. The topological polar surface area (TPSA) is 105 Å². The van der Waals surface area contributed by atoms with Crippen LogP contribution in [0.1, 0.15) is 24.5 Å². The Morgan fingerprint density at radius 3 is 2.22 bits per heavy atom. The van der Waals surface area contributed by atoms with Gasteiger partial charge in [-0.15, -0.1) is 0 Å². The molecule has 4 aromatic rings. The summed E-state index contributed by atoms with van der Waals surface area (Å²) in [6, 6.07) is 28.8. The van der Waals surface area contributed by atoms with Gasteiger partial charge in [0.25, 0.3) is 10.0 Å². The average molecular weight is 707 g/mol. The van der Waals surface area contributed by atoms with E-state index in [0.717, 1.165) is 26.3 Å². The van der Waals surface area contributed by atoms with Crippen molar-refractivity contribution in [2.75, 3.05) is 30.6 Å². The summed E-state index contributed by atoms with van der Waals surface area (Å²) in [4.78, 5) is 29.8. The lowest BCUT2D eigenvalue weighted by molar-refractivity contribution is -0.140. The van der Waals surface area contributed by atoms with Crippen LogP contribution in [0.25, 0.3) is 0 Å². The van der Waals surface area contributed by atoms with Crippen molar-refractivity contribution in [1.82, 2.24) is 10.2 Å². The van der Waals surface area contributed by atoms with E-state index in [9.17, 15) is 18.0 Å². The Morgan fingerprint density at radius 2 is 1.52 bits per heavy atom. The molecule has 2 amide bonds. The molecule has 0 aliphatic carbocycles. The molecule has 0 saturated carbocycles. The van der Waals surface area contributed by atoms with Crippen molar-refractivity contribution in [3.63, 3.8) is 0 Å². The van der Waals surface area contributed by atoms with Crippen molar-refractivity contribution >= 4 is 43.5 Å². The largest absolute Gasteiger partial charge is 0.486 e. The third kappa shape index (κ3) is 8.07. The molecule has 240 valence electrons. The Balaban J connectivity index is 1.58.